The van der Waals surface area contributed by atoms with Crippen molar-refractivity contribution in [2.45, 2.75) is 13.8 Å². The molecule has 8 nitrogen and oxygen atoms in total. The fraction of sp³-hybridized carbons (Fsp3) is 0.238. The van der Waals surface area contributed by atoms with Crippen molar-refractivity contribution in [3.8, 4) is 0 Å². The monoisotopic (exact) mass is 400 g/mol. The maximum atomic E-state index is 12.1. The number of benzene rings is 2. The molecule has 0 atom stereocenters. The molecule has 0 aromatic heterocycles. The lowest BCUT2D eigenvalue weighted by Crippen LogP contribution is -2.28. The Bertz CT molecular complexity index is 835. The van der Waals surface area contributed by atoms with Gasteiger partial charge < -0.3 is 19.7 Å². The second kappa shape index (κ2) is 9.01. The summed E-state index contributed by atoms with van der Waals surface area (Å²) in [6, 6.07) is 10.7. The smallest absolute Gasteiger partial charge is 0.338 e. The van der Waals surface area contributed by atoms with Gasteiger partial charge in [-0.3, -0.25) is 0 Å². The zero-order valence-electron chi connectivity index (χ0n) is 15.9. The van der Waals surface area contributed by atoms with Gasteiger partial charge in [-0.05, 0) is 48.5 Å². The van der Waals surface area contributed by atoms with Crippen LogP contribution in [-0.4, -0.2) is 47.3 Å². The number of esters is 2. The van der Waals surface area contributed by atoms with Crippen LogP contribution in [-0.2, 0) is 9.47 Å². The number of ether oxygens (including phenoxy) is 2. The Morgan fingerprint density at radius 3 is 1.21 bits per heavy atom. The Kier molecular flexibility index (Phi) is 6.71. The Morgan fingerprint density at radius 1 is 0.655 bits per heavy atom. The van der Waals surface area contributed by atoms with Crippen molar-refractivity contribution in [3.63, 3.8) is 0 Å². The van der Waals surface area contributed by atoms with Crippen LogP contribution in [0.4, 0.5) is 0 Å². The summed E-state index contributed by atoms with van der Waals surface area (Å²) in [7, 11) is 0. The summed E-state index contributed by atoms with van der Waals surface area (Å²) >= 11 is 0. The van der Waals surface area contributed by atoms with Gasteiger partial charge in [-0.2, -0.15) is 0 Å². The van der Waals surface area contributed by atoms with E-state index in [0.717, 1.165) is 0 Å². The fourth-order valence-electron chi connectivity index (χ4n) is 2.23. The highest BCUT2D eigenvalue weighted by Crippen LogP contribution is 2.18. The molecule has 0 heterocycles. The predicted molar refractivity (Wildman–Crippen MR) is 101 cm³/mol. The Labute approximate surface area is 166 Å². The highest BCUT2D eigenvalue weighted by molar-refractivity contribution is 5.93. The van der Waals surface area contributed by atoms with Crippen molar-refractivity contribution < 1.29 is 38.9 Å². The Morgan fingerprint density at radius 2 is 0.931 bits per heavy atom. The summed E-state index contributed by atoms with van der Waals surface area (Å²) < 4.78 is 10.5. The molecule has 0 aliphatic heterocycles. The van der Waals surface area contributed by atoms with Gasteiger partial charge in [0, 0.05) is 5.41 Å². The first kappa shape index (κ1) is 21.6. The molecule has 8 heteroatoms. The van der Waals surface area contributed by atoms with Crippen molar-refractivity contribution in [3.05, 3.63) is 70.8 Å². The fourth-order valence-corrected chi connectivity index (χ4v) is 2.23. The summed E-state index contributed by atoms with van der Waals surface area (Å²) in [5, 5.41) is 17.7. The van der Waals surface area contributed by atoms with Crippen molar-refractivity contribution in [2.75, 3.05) is 13.2 Å². The van der Waals surface area contributed by atoms with Gasteiger partial charge in [-0.15, -0.1) is 0 Å². The molecule has 0 saturated carbocycles. The van der Waals surface area contributed by atoms with Crippen LogP contribution in [0.5, 0.6) is 0 Å². The molecule has 0 aliphatic rings. The SMILES string of the molecule is CC(C)(COC(=O)c1ccc(C(=O)O)cc1)COC(=O)c1ccc(C(=O)O)cc1. The first-order valence-electron chi connectivity index (χ1n) is 8.60. The zero-order valence-corrected chi connectivity index (χ0v) is 15.9. The Balaban J connectivity index is 1.87. The van der Waals surface area contributed by atoms with Crippen LogP contribution in [0, 0.1) is 5.41 Å². The van der Waals surface area contributed by atoms with E-state index in [0.29, 0.717) is 0 Å². The van der Waals surface area contributed by atoms with Crippen LogP contribution in [0.15, 0.2) is 48.5 Å². The number of aromatic carboxylic acids is 2. The van der Waals surface area contributed by atoms with E-state index in [1.807, 2.05) is 0 Å². The van der Waals surface area contributed by atoms with Crippen LogP contribution in [0.1, 0.15) is 55.3 Å². The summed E-state index contributed by atoms with van der Waals surface area (Å²) in [6.07, 6.45) is 0. The van der Waals surface area contributed by atoms with Crippen LogP contribution in [0.2, 0.25) is 0 Å². The molecule has 0 radical (unpaired) electrons. The van der Waals surface area contributed by atoms with E-state index in [4.69, 9.17) is 19.7 Å². The van der Waals surface area contributed by atoms with Gasteiger partial charge in [0.25, 0.3) is 0 Å². The molecular formula is C21H20O8. The standard InChI is InChI=1S/C21H20O8/c1-21(2,11-28-19(26)15-7-3-13(4-8-15)17(22)23)12-29-20(27)16-9-5-14(6-10-16)18(24)25/h3-10H,11-12H2,1-2H3,(H,22,23)(H,24,25). The lowest BCUT2D eigenvalue weighted by Gasteiger charge is -2.23. The Hall–Kier alpha value is -3.68. The van der Waals surface area contributed by atoms with E-state index in [9.17, 15) is 19.2 Å². The number of hydrogen-bond donors (Lipinski definition) is 2. The molecule has 2 rings (SSSR count). The second-order valence-corrected chi connectivity index (χ2v) is 7.08. The van der Waals surface area contributed by atoms with Crippen LogP contribution in [0.25, 0.3) is 0 Å². The topological polar surface area (TPSA) is 127 Å². The first-order valence-corrected chi connectivity index (χ1v) is 8.60. The highest BCUT2D eigenvalue weighted by atomic mass is 16.5. The molecule has 0 bridgehead atoms. The molecule has 0 amide bonds. The molecule has 0 spiro atoms. The number of carboxylic acids is 2. The molecule has 152 valence electrons. The van der Waals surface area contributed by atoms with E-state index < -0.39 is 29.3 Å². The molecular weight excluding hydrogens is 380 g/mol. The average molecular weight is 400 g/mol. The first-order chi connectivity index (χ1) is 13.6. The van der Waals surface area contributed by atoms with Gasteiger partial charge >= 0.3 is 23.9 Å². The molecule has 0 unspecified atom stereocenters. The summed E-state index contributed by atoms with van der Waals surface area (Å²) in [5.74, 6) is -3.42. The molecule has 0 saturated heterocycles. The number of carbonyl (C=O) groups is 4. The molecule has 29 heavy (non-hydrogen) atoms. The van der Waals surface area contributed by atoms with E-state index in [1.54, 1.807) is 13.8 Å². The van der Waals surface area contributed by atoms with Crippen LogP contribution < -0.4 is 0 Å². The summed E-state index contributed by atoms with van der Waals surface area (Å²) in [5.41, 5.74) is -0.133. The predicted octanol–water partition coefficient (Wildman–Crippen LogP) is 3.12. The molecule has 2 aromatic rings. The maximum Gasteiger partial charge on any atom is 0.338 e. The lowest BCUT2D eigenvalue weighted by atomic mass is 9.96. The number of carboxylic acid groups (broad SMARTS) is 2. The summed E-state index contributed by atoms with van der Waals surface area (Å²) in [4.78, 5) is 45.9. The summed E-state index contributed by atoms with van der Waals surface area (Å²) in [6.45, 7) is 3.43. The number of carbonyl (C=O) groups excluding carboxylic acids is 2. The van der Waals surface area contributed by atoms with Gasteiger partial charge in [0.05, 0.1) is 35.5 Å². The normalized spacial score (nSPS) is 10.8. The molecule has 2 N–H and O–H groups in total. The molecule has 0 aliphatic carbocycles. The molecule has 2 aromatic carbocycles. The van der Waals surface area contributed by atoms with E-state index in [-0.39, 0.29) is 35.5 Å². The van der Waals surface area contributed by atoms with Crippen molar-refractivity contribution >= 4 is 23.9 Å². The quantitative estimate of drug-likeness (QED) is 0.647. The zero-order chi connectivity index (χ0) is 21.6. The van der Waals surface area contributed by atoms with Crippen LogP contribution in [0.3, 0.4) is 0 Å². The average Bonchev–Trinajstić information content (AvgIpc) is 2.70. The third-order valence-corrected chi connectivity index (χ3v) is 3.92. The minimum atomic E-state index is -1.09. The maximum absolute atomic E-state index is 12.1. The van der Waals surface area contributed by atoms with Crippen molar-refractivity contribution in [1.29, 1.82) is 0 Å². The van der Waals surface area contributed by atoms with Gasteiger partial charge in [0.1, 0.15) is 0 Å². The lowest BCUT2D eigenvalue weighted by molar-refractivity contribution is 0.00610. The molecule has 0 fully saturated rings. The van der Waals surface area contributed by atoms with Gasteiger partial charge in [-0.1, -0.05) is 13.8 Å². The van der Waals surface area contributed by atoms with Crippen LogP contribution >= 0.6 is 0 Å². The van der Waals surface area contributed by atoms with E-state index in [1.165, 1.54) is 48.5 Å². The van der Waals surface area contributed by atoms with E-state index >= 15 is 0 Å². The van der Waals surface area contributed by atoms with Gasteiger partial charge in [0.2, 0.25) is 0 Å². The van der Waals surface area contributed by atoms with Crippen molar-refractivity contribution in [1.82, 2.24) is 0 Å². The van der Waals surface area contributed by atoms with E-state index in [2.05, 4.69) is 0 Å². The van der Waals surface area contributed by atoms with Crippen molar-refractivity contribution in [2.24, 2.45) is 5.41 Å². The third kappa shape index (κ3) is 6.17. The minimum absolute atomic E-state index is 0.0300. The second-order valence-electron chi connectivity index (χ2n) is 7.08. The third-order valence-electron chi connectivity index (χ3n) is 3.92. The highest BCUT2D eigenvalue weighted by Gasteiger charge is 2.24. The van der Waals surface area contributed by atoms with Gasteiger partial charge in [0.15, 0.2) is 0 Å². The number of hydrogen-bond acceptors (Lipinski definition) is 6. The minimum Gasteiger partial charge on any atom is -0.478 e. The number of rotatable bonds is 8. The largest absolute Gasteiger partial charge is 0.478 e. The van der Waals surface area contributed by atoms with Gasteiger partial charge in [-0.25, -0.2) is 19.2 Å².